The van der Waals surface area contributed by atoms with E-state index in [9.17, 15) is 4.79 Å². The molecular weight excluding hydrogens is 703 g/mol. The molecule has 0 aliphatic heterocycles. The van der Waals surface area contributed by atoms with Crippen LogP contribution in [0, 0.1) is 0 Å². The molecule has 0 radical (unpaired) electrons. The zero-order valence-corrected chi connectivity index (χ0v) is 31.9. The maximum absolute atomic E-state index is 13.8. The van der Waals surface area contributed by atoms with Crippen LogP contribution in [0.25, 0.3) is 66.5 Å². The lowest BCUT2D eigenvalue weighted by molar-refractivity contribution is 0.103. The summed E-state index contributed by atoms with van der Waals surface area (Å²) < 4.78 is 2.55. The fourth-order valence-electron chi connectivity index (χ4n) is 11.3. The Kier molecular flexibility index (Phi) is 6.50. The van der Waals surface area contributed by atoms with Crippen molar-refractivity contribution in [3.8, 4) is 27.9 Å². The van der Waals surface area contributed by atoms with Gasteiger partial charge in [-0.15, -0.1) is 0 Å². The second-order valence-electron chi connectivity index (χ2n) is 16.5. The van der Waals surface area contributed by atoms with Crippen molar-refractivity contribution in [3.05, 3.63) is 226 Å². The Balaban J connectivity index is 1.16. The maximum Gasteiger partial charge on any atom is 0.190 e. The molecule has 0 saturated carbocycles. The summed E-state index contributed by atoms with van der Waals surface area (Å²) in [6, 6.07) is 56.5. The highest BCUT2D eigenvalue weighted by atomic mass is 16.1. The lowest BCUT2D eigenvalue weighted by Crippen LogP contribution is -2.26. The van der Waals surface area contributed by atoms with Crippen LogP contribution < -0.4 is 0 Å². The predicted octanol–water partition coefficient (Wildman–Crippen LogP) is 13.7. The van der Waals surface area contributed by atoms with E-state index in [1.807, 2.05) is 0 Å². The quantitative estimate of drug-likeness (QED) is 0.177. The van der Waals surface area contributed by atoms with Crippen molar-refractivity contribution in [1.82, 2.24) is 4.57 Å². The maximum atomic E-state index is 13.8. The summed E-state index contributed by atoms with van der Waals surface area (Å²) in [5.74, 6) is 0.185. The van der Waals surface area contributed by atoms with E-state index in [4.69, 9.17) is 0 Å². The van der Waals surface area contributed by atoms with Crippen LogP contribution in [0.3, 0.4) is 0 Å². The first-order valence-electron chi connectivity index (χ1n) is 20.7. The van der Waals surface area contributed by atoms with Crippen LogP contribution in [0.5, 0.6) is 0 Å². The van der Waals surface area contributed by atoms with Gasteiger partial charge < -0.3 is 4.57 Å². The van der Waals surface area contributed by atoms with E-state index in [1.54, 1.807) is 0 Å². The third-order valence-corrected chi connectivity index (χ3v) is 13.7. The highest BCUT2D eigenvalue weighted by molar-refractivity contribution is 6.23. The van der Waals surface area contributed by atoms with Gasteiger partial charge in [-0.1, -0.05) is 152 Å². The molecule has 0 unspecified atom stereocenters. The van der Waals surface area contributed by atoms with Gasteiger partial charge >= 0.3 is 0 Å². The van der Waals surface area contributed by atoms with Gasteiger partial charge in [-0.25, -0.2) is 0 Å². The van der Waals surface area contributed by atoms with Crippen LogP contribution in [0.15, 0.2) is 182 Å². The molecule has 0 saturated heterocycles. The van der Waals surface area contributed by atoms with Gasteiger partial charge in [0.25, 0.3) is 0 Å². The summed E-state index contributed by atoms with van der Waals surface area (Å²) in [4.78, 5) is 13.8. The molecule has 2 heteroatoms. The number of hydrogen-bond donors (Lipinski definition) is 0. The Morgan fingerprint density at radius 1 is 0.534 bits per heavy atom. The smallest absolute Gasteiger partial charge is 0.190 e. The highest BCUT2D eigenvalue weighted by Gasteiger charge is 2.53. The summed E-state index contributed by atoms with van der Waals surface area (Å²) in [6.07, 6.45) is 13.0. The van der Waals surface area contributed by atoms with Crippen LogP contribution in [0.1, 0.15) is 75.0 Å². The molecule has 5 aliphatic rings. The van der Waals surface area contributed by atoms with Crippen molar-refractivity contribution in [3.63, 3.8) is 0 Å². The minimum atomic E-state index is -0.513. The van der Waals surface area contributed by atoms with E-state index in [0.29, 0.717) is 0 Å². The number of allylic oxidation sites excluding steroid dienone is 8. The minimum absolute atomic E-state index is 0.185. The Hall–Kier alpha value is -7.03. The lowest BCUT2D eigenvalue weighted by atomic mass is 9.70. The molecule has 13 rings (SSSR count). The highest BCUT2D eigenvalue weighted by Crippen LogP contribution is 2.64. The zero-order chi connectivity index (χ0) is 38.1. The van der Waals surface area contributed by atoms with Crippen molar-refractivity contribution in [1.29, 1.82) is 0 Å². The third kappa shape index (κ3) is 4.09. The van der Waals surface area contributed by atoms with Gasteiger partial charge in [0, 0.05) is 33.2 Å². The van der Waals surface area contributed by atoms with Gasteiger partial charge in [0.1, 0.15) is 0 Å². The fraction of sp³-hybridized carbons (Fsp3) is 0.0893. The summed E-state index contributed by atoms with van der Waals surface area (Å²) in [5.41, 5.74) is 22.5. The molecule has 0 atom stereocenters. The average molecular weight is 740 g/mol. The van der Waals surface area contributed by atoms with Crippen LogP contribution in [-0.2, 0) is 5.41 Å². The SMILES string of the molecule is O=C1C2=C(C=CCC2)c2cc(-n3c4cc(C5=CCCC(c6ccccc6)=C5)ccc4c4ccc5c(c43)C3(c4ccccc4-c4ccccc43)c3ccccc3-5)ccc21. The molecule has 2 nitrogen and oxygen atoms in total. The topological polar surface area (TPSA) is 22.0 Å². The normalized spacial score (nSPS) is 16.6. The average Bonchev–Trinajstić information content (AvgIpc) is 3.98. The molecule has 272 valence electrons. The van der Waals surface area contributed by atoms with Crippen molar-refractivity contribution in [2.45, 2.75) is 31.1 Å². The second-order valence-corrected chi connectivity index (χ2v) is 16.5. The molecule has 1 spiro atoms. The van der Waals surface area contributed by atoms with E-state index in [-0.39, 0.29) is 5.78 Å². The molecule has 58 heavy (non-hydrogen) atoms. The van der Waals surface area contributed by atoms with Gasteiger partial charge in [-0.05, 0) is 122 Å². The first-order chi connectivity index (χ1) is 28.7. The zero-order valence-electron chi connectivity index (χ0n) is 31.9. The van der Waals surface area contributed by atoms with E-state index in [0.717, 1.165) is 53.6 Å². The number of Topliss-reactive ketones (excluding diaryl/α,β-unsaturated/α-hetero) is 1. The number of carbonyl (C=O) groups excluding carboxylic acids is 1. The first kappa shape index (κ1) is 32.1. The van der Waals surface area contributed by atoms with Crippen LogP contribution in [-0.4, -0.2) is 10.4 Å². The Labute approximate surface area is 337 Å². The molecule has 5 aliphatic carbocycles. The van der Waals surface area contributed by atoms with Crippen molar-refractivity contribution >= 4 is 44.3 Å². The van der Waals surface area contributed by atoms with Crippen molar-refractivity contribution in [2.75, 3.05) is 0 Å². The van der Waals surface area contributed by atoms with Gasteiger partial charge in [0.2, 0.25) is 0 Å². The standard InChI is InChI=1S/C56H37NO/c58-55-46-21-5-4-17-39(46)48-33-38(26-28-47(48)55)57-52-32-37(36-16-12-15-35(31-36)34-13-2-1-3-14-34)25-27-43(52)45-30-29-44-42-20-8-11-24-51(42)56(53(44)54(45)57)49-22-9-6-18-40(49)41-19-7-10-23-50(41)56/h1-4,6-11,13-14,16-20,22-33H,5,12,15,21H2. The molecule has 0 fully saturated rings. The monoisotopic (exact) mass is 739 g/mol. The van der Waals surface area contributed by atoms with Gasteiger partial charge in [0.15, 0.2) is 5.78 Å². The number of ketones is 1. The summed E-state index contributed by atoms with van der Waals surface area (Å²) in [7, 11) is 0. The van der Waals surface area contributed by atoms with Gasteiger partial charge in [-0.2, -0.15) is 0 Å². The van der Waals surface area contributed by atoms with E-state index in [1.165, 1.54) is 88.6 Å². The number of aromatic nitrogens is 1. The van der Waals surface area contributed by atoms with Crippen LogP contribution in [0.4, 0.5) is 0 Å². The largest absolute Gasteiger partial charge is 0.309 e. The molecule has 8 aromatic rings. The van der Waals surface area contributed by atoms with Crippen molar-refractivity contribution in [2.24, 2.45) is 0 Å². The predicted molar refractivity (Wildman–Crippen MR) is 238 cm³/mol. The molecule has 7 aromatic carbocycles. The number of nitrogens with zero attached hydrogens (tertiary/aromatic N) is 1. The van der Waals surface area contributed by atoms with Gasteiger partial charge in [0.05, 0.1) is 16.4 Å². The Bertz CT molecular complexity index is 3230. The second kappa shape index (κ2) is 11.8. The number of benzene rings is 7. The molecular formula is C56H37NO. The van der Waals surface area contributed by atoms with E-state index >= 15 is 0 Å². The van der Waals surface area contributed by atoms with Gasteiger partial charge in [-0.3, -0.25) is 4.79 Å². The summed E-state index contributed by atoms with van der Waals surface area (Å²) >= 11 is 0. The molecule has 1 heterocycles. The number of fused-ring (bicyclic) bond motifs is 16. The summed E-state index contributed by atoms with van der Waals surface area (Å²) in [5, 5.41) is 2.46. The van der Waals surface area contributed by atoms with Crippen LogP contribution >= 0.6 is 0 Å². The van der Waals surface area contributed by atoms with E-state index < -0.39 is 5.41 Å². The third-order valence-electron chi connectivity index (χ3n) is 13.7. The Morgan fingerprint density at radius 3 is 1.97 bits per heavy atom. The first-order valence-corrected chi connectivity index (χ1v) is 20.7. The molecule has 0 N–H and O–H groups in total. The number of carbonyl (C=O) groups is 1. The molecule has 0 bridgehead atoms. The minimum Gasteiger partial charge on any atom is -0.309 e. The van der Waals surface area contributed by atoms with Crippen LogP contribution in [0.2, 0.25) is 0 Å². The number of hydrogen-bond acceptors (Lipinski definition) is 1. The molecule has 0 amide bonds. The number of rotatable bonds is 3. The van der Waals surface area contributed by atoms with E-state index in [2.05, 4.69) is 181 Å². The van der Waals surface area contributed by atoms with Crippen molar-refractivity contribution < 1.29 is 4.79 Å². The summed E-state index contributed by atoms with van der Waals surface area (Å²) in [6.45, 7) is 0. The fourth-order valence-corrected chi connectivity index (χ4v) is 11.3. The lowest BCUT2D eigenvalue weighted by Gasteiger charge is -2.31. The Morgan fingerprint density at radius 2 is 1.21 bits per heavy atom. The molecule has 1 aromatic heterocycles.